The van der Waals surface area contributed by atoms with Gasteiger partial charge in [-0.2, -0.15) is 0 Å². The first-order chi connectivity index (χ1) is 8.02. The molecule has 0 radical (unpaired) electrons. The predicted molar refractivity (Wildman–Crippen MR) is 70.6 cm³/mol. The molecule has 1 atom stereocenters. The van der Waals surface area contributed by atoms with Crippen LogP contribution >= 0.6 is 0 Å². The first kappa shape index (κ1) is 14.1. The van der Waals surface area contributed by atoms with Crippen molar-refractivity contribution in [1.82, 2.24) is 10.2 Å². The molecule has 2 nitrogen and oxygen atoms in total. The SMILES string of the molecule is CNCC(C)CN(C)Cc1ccc(F)cc1C. The standard InChI is InChI=1S/C14H23FN2/c1-11(8-16-3)9-17(4)10-13-5-6-14(15)7-12(13)2/h5-7,11,16H,8-10H2,1-4H3. The van der Waals surface area contributed by atoms with E-state index in [9.17, 15) is 4.39 Å². The third kappa shape index (κ3) is 4.84. The molecule has 0 aliphatic rings. The Bertz CT molecular complexity index is 352. The van der Waals surface area contributed by atoms with Crippen LogP contribution in [0.1, 0.15) is 18.1 Å². The number of benzene rings is 1. The summed E-state index contributed by atoms with van der Waals surface area (Å²) in [5.74, 6) is 0.461. The number of aryl methyl sites for hydroxylation is 1. The van der Waals surface area contributed by atoms with Gasteiger partial charge in [0.2, 0.25) is 0 Å². The number of halogens is 1. The monoisotopic (exact) mass is 238 g/mol. The van der Waals surface area contributed by atoms with Crippen molar-refractivity contribution in [2.45, 2.75) is 20.4 Å². The molecule has 1 rings (SSSR count). The van der Waals surface area contributed by atoms with Crippen molar-refractivity contribution >= 4 is 0 Å². The van der Waals surface area contributed by atoms with Gasteiger partial charge in [0.05, 0.1) is 0 Å². The maximum atomic E-state index is 13.0. The Morgan fingerprint density at radius 3 is 2.71 bits per heavy atom. The highest BCUT2D eigenvalue weighted by atomic mass is 19.1. The second kappa shape index (κ2) is 6.72. The van der Waals surface area contributed by atoms with Gasteiger partial charge in [0.15, 0.2) is 0 Å². The molecule has 17 heavy (non-hydrogen) atoms. The van der Waals surface area contributed by atoms with Gasteiger partial charge >= 0.3 is 0 Å². The summed E-state index contributed by atoms with van der Waals surface area (Å²) in [5.41, 5.74) is 2.23. The fourth-order valence-corrected chi connectivity index (χ4v) is 2.14. The van der Waals surface area contributed by atoms with E-state index in [0.717, 1.165) is 25.2 Å². The minimum absolute atomic E-state index is 0.155. The summed E-state index contributed by atoms with van der Waals surface area (Å²) in [6.07, 6.45) is 0. The van der Waals surface area contributed by atoms with Gasteiger partial charge in [-0.1, -0.05) is 13.0 Å². The van der Waals surface area contributed by atoms with E-state index in [1.165, 1.54) is 11.6 Å². The number of nitrogens with one attached hydrogen (secondary N) is 1. The molecule has 0 fully saturated rings. The molecule has 0 saturated heterocycles. The Morgan fingerprint density at radius 2 is 2.12 bits per heavy atom. The van der Waals surface area contributed by atoms with Crippen LogP contribution in [0.15, 0.2) is 18.2 Å². The summed E-state index contributed by atoms with van der Waals surface area (Å²) < 4.78 is 13.0. The molecule has 0 spiro atoms. The summed E-state index contributed by atoms with van der Waals surface area (Å²) in [5, 5.41) is 3.18. The molecule has 96 valence electrons. The first-order valence-corrected chi connectivity index (χ1v) is 6.11. The predicted octanol–water partition coefficient (Wildman–Crippen LogP) is 2.42. The molecule has 1 N–H and O–H groups in total. The smallest absolute Gasteiger partial charge is 0.123 e. The zero-order valence-electron chi connectivity index (χ0n) is 11.3. The second-order valence-electron chi connectivity index (χ2n) is 4.93. The summed E-state index contributed by atoms with van der Waals surface area (Å²) >= 11 is 0. The first-order valence-electron chi connectivity index (χ1n) is 6.11. The molecule has 0 heterocycles. The van der Waals surface area contributed by atoms with Crippen molar-refractivity contribution in [2.24, 2.45) is 5.92 Å². The summed E-state index contributed by atoms with van der Waals surface area (Å²) in [7, 11) is 4.08. The number of nitrogens with zero attached hydrogens (tertiary/aromatic N) is 1. The van der Waals surface area contributed by atoms with Crippen LogP contribution in [-0.4, -0.2) is 32.1 Å². The molecule has 0 bridgehead atoms. The van der Waals surface area contributed by atoms with Crippen molar-refractivity contribution in [3.8, 4) is 0 Å². The molecule has 0 amide bonds. The van der Waals surface area contributed by atoms with Gasteiger partial charge in [0, 0.05) is 13.1 Å². The lowest BCUT2D eigenvalue weighted by Crippen LogP contribution is -2.29. The van der Waals surface area contributed by atoms with Gasteiger partial charge in [0.1, 0.15) is 5.82 Å². The van der Waals surface area contributed by atoms with Gasteiger partial charge in [-0.3, -0.25) is 0 Å². The topological polar surface area (TPSA) is 15.3 Å². The Hall–Kier alpha value is -0.930. The van der Waals surface area contributed by atoms with E-state index >= 15 is 0 Å². The van der Waals surface area contributed by atoms with Crippen LogP contribution in [0.2, 0.25) is 0 Å². The van der Waals surface area contributed by atoms with Crippen molar-refractivity contribution in [3.63, 3.8) is 0 Å². The third-order valence-electron chi connectivity index (χ3n) is 2.92. The quantitative estimate of drug-likeness (QED) is 0.819. The largest absolute Gasteiger partial charge is 0.319 e. The fraction of sp³-hybridized carbons (Fsp3) is 0.571. The van der Waals surface area contributed by atoms with Gasteiger partial charge < -0.3 is 10.2 Å². The van der Waals surface area contributed by atoms with Crippen LogP contribution < -0.4 is 5.32 Å². The molecule has 3 heteroatoms. The zero-order chi connectivity index (χ0) is 12.8. The van der Waals surface area contributed by atoms with Crippen LogP contribution in [-0.2, 0) is 6.54 Å². The number of rotatable bonds is 6. The molecule has 1 aromatic rings. The fourth-order valence-electron chi connectivity index (χ4n) is 2.14. The molecule has 1 unspecified atom stereocenters. The van der Waals surface area contributed by atoms with Crippen molar-refractivity contribution in [2.75, 3.05) is 27.2 Å². The average molecular weight is 238 g/mol. The van der Waals surface area contributed by atoms with E-state index in [-0.39, 0.29) is 5.82 Å². The maximum absolute atomic E-state index is 13.0. The Kier molecular flexibility index (Phi) is 5.59. The minimum Gasteiger partial charge on any atom is -0.319 e. The minimum atomic E-state index is -0.155. The zero-order valence-corrected chi connectivity index (χ0v) is 11.3. The number of hydrogen-bond acceptors (Lipinski definition) is 2. The van der Waals surface area contributed by atoms with Crippen LogP contribution in [0.5, 0.6) is 0 Å². The molecular weight excluding hydrogens is 215 g/mol. The number of hydrogen-bond donors (Lipinski definition) is 1. The highest BCUT2D eigenvalue weighted by molar-refractivity contribution is 5.26. The summed E-state index contributed by atoms with van der Waals surface area (Å²) in [6, 6.07) is 5.01. The van der Waals surface area contributed by atoms with Crippen LogP contribution in [0, 0.1) is 18.7 Å². The highest BCUT2D eigenvalue weighted by Gasteiger charge is 2.08. The lowest BCUT2D eigenvalue weighted by atomic mass is 10.1. The molecule has 0 aromatic heterocycles. The molecule has 1 aromatic carbocycles. The third-order valence-corrected chi connectivity index (χ3v) is 2.92. The Morgan fingerprint density at radius 1 is 1.41 bits per heavy atom. The van der Waals surface area contributed by atoms with Crippen LogP contribution in [0.4, 0.5) is 4.39 Å². The van der Waals surface area contributed by atoms with E-state index in [1.807, 2.05) is 20.0 Å². The van der Waals surface area contributed by atoms with Gasteiger partial charge in [-0.05, 0) is 56.7 Å². The van der Waals surface area contributed by atoms with E-state index in [2.05, 4.69) is 24.2 Å². The average Bonchev–Trinajstić information content (AvgIpc) is 2.22. The van der Waals surface area contributed by atoms with E-state index in [4.69, 9.17) is 0 Å². The molecule has 0 saturated carbocycles. The highest BCUT2D eigenvalue weighted by Crippen LogP contribution is 2.12. The Balaban J connectivity index is 2.52. The lowest BCUT2D eigenvalue weighted by Gasteiger charge is -2.22. The van der Waals surface area contributed by atoms with E-state index in [0.29, 0.717) is 5.92 Å². The van der Waals surface area contributed by atoms with Crippen LogP contribution in [0.3, 0.4) is 0 Å². The normalized spacial score (nSPS) is 13.1. The van der Waals surface area contributed by atoms with Crippen molar-refractivity contribution < 1.29 is 4.39 Å². The van der Waals surface area contributed by atoms with Crippen molar-refractivity contribution in [3.05, 3.63) is 35.1 Å². The van der Waals surface area contributed by atoms with Gasteiger partial charge in [-0.25, -0.2) is 4.39 Å². The van der Waals surface area contributed by atoms with Crippen molar-refractivity contribution in [1.29, 1.82) is 0 Å². The molecule has 0 aliphatic heterocycles. The lowest BCUT2D eigenvalue weighted by molar-refractivity contribution is 0.276. The second-order valence-corrected chi connectivity index (χ2v) is 4.93. The maximum Gasteiger partial charge on any atom is 0.123 e. The summed E-state index contributed by atoms with van der Waals surface area (Å²) in [4.78, 5) is 2.28. The molecule has 0 aliphatic carbocycles. The summed E-state index contributed by atoms with van der Waals surface area (Å²) in [6.45, 7) is 7.12. The van der Waals surface area contributed by atoms with Crippen LogP contribution in [0.25, 0.3) is 0 Å². The Labute approximate surface area is 104 Å². The van der Waals surface area contributed by atoms with Gasteiger partial charge in [0.25, 0.3) is 0 Å². The van der Waals surface area contributed by atoms with E-state index in [1.54, 1.807) is 6.07 Å². The molecular formula is C14H23FN2. The van der Waals surface area contributed by atoms with Gasteiger partial charge in [-0.15, -0.1) is 0 Å². The van der Waals surface area contributed by atoms with E-state index < -0.39 is 0 Å².